The fourth-order valence-corrected chi connectivity index (χ4v) is 4.11. The fourth-order valence-electron chi connectivity index (χ4n) is 2.29. The number of anilines is 1. The monoisotopic (exact) mass is 336 g/mol. The molecule has 1 fully saturated rings. The summed E-state index contributed by atoms with van der Waals surface area (Å²) in [7, 11) is 1.82. The largest absolute Gasteiger partial charge is 0.347 e. The van der Waals surface area contributed by atoms with Gasteiger partial charge in [-0.2, -0.15) is 0 Å². The summed E-state index contributed by atoms with van der Waals surface area (Å²) in [5, 5.41) is 3.38. The highest BCUT2D eigenvalue weighted by atomic mass is 32.2. The lowest BCUT2D eigenvalue weighted by atomic mass is 10.2. The first-order valence-electron chi connectivity index (χ1n) is 6.79. The average molecular weight is 336 g/mol. The van der Waals surface area contributed by atoms with E-state index >= 15 is 0 Å². The number of aromatic nitrogens is 2. The normalized spacial score (nSPS) is 17.7. The third-order valence-corrected chi connectivity index (χ3v) is 5.30. The van der Waals surface area contributed by atoms with Gasteiger partial charge in [-0.25, -0.2) is 4.98 Å². The van der Waals surface area contributed by atoms with E-state index < -0.39 is 6.04 Å². The summed E-state index contributed by atoms with van der Waals surface area (Å²) in [5.41, 5.74) is 0.588. The van der Waals surface area contributed by atoms with Crippen LogP contribution in [-0.2, 0) is 11.8 Å². The van der Waals surface area contributed by atoms with Gasteiger partial charge in [-0.3, -0.25) is 9.59 Å². The van der Waals surface area contributed by atoms with Gasteiger partial charge in [-0.1, -0.05) is 0 Å². The molecule has 0 aliphatic carbocycles. The van der Waals surface area contributed by atoms with E-state index in [9.17, 15) is 9.59 Å². The number of carbonyl (C=O) groups excluding carboxylic acids is 2. The van der Waals surface area contributed by atoms with Gasteiger partial charge in [0.1, 0.15) is 11.7 Å². The molecule has 8 heteroatoms. The van der Waals surface area contributed by atoms with E-state index in [-0.39, 0.29) is 11.8 Å². The number of thioether (sulfide) groups is 1. The van der Waals surface area contributed by atoms with Crippen molar-refractivity contribution in [1.82, 2.24) is 14.5 Å². The third kappa shape index (κ3) is 2.89. The number of aryl methyl sites for hydroxylation is 2. The standard InChI is InChI=1S/C14H16N4O2S2/c1-9-6-15-14(22-9)16-12(19)11-7-21-8-18(11)13(20)10-4-3-5-17(10)2/h3-6,11H,7-8H2,1-2H3,(H,15,16,19). The minimum Gasteiger partial charge on any atom is -0.347 e. The summed E-state index contributed by atoms with van der Waals surface area (Å²) in [5.74, 6) is 0.834. The minimum atomic E-state index is -0.461. The Labute approximate surface area is 136 Å². The predicted molar refractivity (Wildman–Crippen MR) is 88.2 cm³/mol. The molecule has 0 radical (unpaired) electrons. The van der Waals surface area contributed by atoms with E-state index in [0.717, 1.165) is 4.88 Å². The van der Waals surface area contributed by atoms with Crippen LogP contribution in [0.1, 0.15) is 15.4 Å². The number of carbonyl (C=O) groups is 2. The Bertz CT molecular complexity index is 709. The number of nitrogens with zero attached hydrogens (tertiary/aromatic N) is 3. The molecule has 1 aliphatic heterocycles. The van der Waals surface area contributed by atoms with Gasteiger partial charge < -0.3 is 14.8 Å². The number of nitrogens with one attached hydrogen (secondary N) is 1. The van der Waals surface area contributed by atoms with Crippen LogP contribution in [0.15, 0.2) is 24.5 Å². The molecular formula is C14H16N4O2S2. The Balaban J connectivity index is 1.74. The Morgan fingerprint density at radius 1 is 1.45 bits per heavy atom. The number of hydrogen-bond acceptors (Lipinski definition) is 5. The Morgan fingerprint density at radius 3 is 2.91 bits per heavy atom. The summed E-state index contributed by atoms with van der Waals surface area (Å²) in [6, 6.07) is 3.13. The fraction of sp³-hybridized carbons (Fsp3) is 0.357. The molecule has 6 nitrogen and oxygen atoms in total. The van der Waals surface area contributed by atoms with E-state index in [1.54, 1.807) is 33.5 Å². The van der Waals surface area contributed by atoms with Crippen LogP contribution in [0.2, 0.25) is 0 Å². The predicted octanol–water partition coefficient (Wildman–Crippen LogP) is 1.94. The van der Waals surface area contributed by atoms with Gasteiger partial charge in [0, 0.05) is 30.1 Å². The van der Waals surface area contributed by atoms with Crippen LogP contribution in [0.3, 0.4) is 0 Å². The lowest BCUT2D eigenvalue weighted by Crippen LogP contribution is -2.45. The topological polar surface area (TPSA) is 67.2 Å². The van der Waals surface area contributed by atoms with Crippen molar-refractivity contribution in [1.29, 1.82) is 0 Å². The van der Waals surface area contributed by atoms with E-state index in [1.807, 2.05) is 26.2 Å². The molecule has 0 bridgehead atoms. The van der Waals surface area contributed by atoms with Crippen molar-refractivity contribution < 1.29 is 9.59 Å². The van der Waals surface area contributed by atoms with Crippen LogP contribution < -0.4 is 5.32 Å². The van der Waals surface area contributed by atoms with Crippen LogP contribution in [0.4, 0.5) is 5.13 Å². The van der Waals surface area contributed by atoms with Gasteiger partial charge in [0.25, 0.3) is 5.91 Å². The first kappa shape index (κ1) is 15.1. The second-order valence-corrected chi connectivity index (χ2v) is 7.29. The minimum absolute atomic E-state index is 0.118. The highest BCUT2D eigenvalue weighted by molar-refractivity contribution is 7.99. The SMILES string of the molecule is Cc1cnc(NC(=O)C2CSCN2C(=O)c2cccn2C)s1. The summed E-state index contributed by atoms with van der Waals surface area (Å²) < 4.78 is 1.77. The van der Waals surface area contributed by atoms with Crippen molar-refractivity contribution in [2.75, 3.05) is 16.9 Å². The Kier molecular flexibility index (Phi) is 4.21. The molecule has 2 aromatic heterocycles. The van der Waals surface area contributed by atoms with Gasteiger partial charge in [0.15, 0.2) is 5.13 Å². The average Bonchev–Trinajstić information content (AvgIpc) is 3.19. The maximum Gasteiger partial charge on any atom is 0.271 e. The zero-order valence-electron chi connectivity index (χ0n) is 12.3. The van der Waals surface area contributed by atoms with Crippen molar-refractivity contribution in [3.63, 3.8) is 0 Å². The molecule has 3 heterocycles. The molecule has 0 saturated carbocycles. The number of rotatable bonds is 3. The van der Waals surface area contributed by atoms with Crippen LogP contribution in [0, 0.1) is 6.92 Å². The Morgan fingerprint density at radius 2 is 2.27 bits per heavy atom. The quantitative estimate of drug-likeness (QED) is 0.930. The van der Waals surface area contributed by atoms with Gasteiger partial charge in [-0.05, 0) is 19.1 Å². The molecule has 1 unspecified atom stereocenters. The first-order chi connectivity index (χ1) is 10.6. The molecule has 1 saturated heterocycles. The summed E-state index contributed by atoms with van der Waals surface area (Å²) in [6.07, 6.45) is 3.54. The number of thiazole rings is 1. The highest BCUT2D eigenvalue weighted by Gasteiger charge is 2.36. The molecule has 2 amide bonds. The molecule has 1 N–H and O–H groups in total. The van der Waals surface area contributed by atoms with Crippen molar-refractivity contribution in [2.24, 2.45) is 7.05 Å². The van der Waals surface area contributed by atoms with Crippen molar-refractivity contribution >= 4 is 40.0 Å². The lowest BCUT2D eigenvalue weighted by molar-refractivity contribution is -0.119. The third-order valence-electron chi connectivity index (χ3n) is 3.46. The summed E-state index contributed by atoms with van der Waals surface area (Å²) >= 11 is 3.01. The molecule has 1 atom stereocenters. The van der Waals surface area contributed by atoms with Gasteiger partial charge >= 0.3 is 0 Å². The molecule has 3 rings (SSSR count). The van der Waals surface area contributed by atoms with E-state index in [4.69, 9.17) is 0 Å². The molecule has 2 aromatic rings. The number of hydrogen-bond donors (Lipinski definition) is 1. The van der Waals surface area contributed by atoms with E-state index in [1.165, 1.54) is 11.3 Å². The maximum atomic E-state index is 12.6. The molecule has 0 aromatic carbocycles. The zero-order chi connectivity index (χ0) is 15.7. The highest BCUT2D eigenvalue weighted by Crippen LogP contribution is 2.25. The molecule has 22 heavy (non-hydrogen) atoms. The second-order valence-electron chi connectivity index (χ2n) is 5.06. The molecular weight excluding hydrogens is 320 g/mol. The lowest BCUT2D eigenvalue weighted by Gasteiger charge is -2.22. The molecule has 0 spiro atoms. The number of amides is 2. The molecule has 1 aliphatic rings. The van der Waals surface area contributed by atoms with Crippen LogP contribution in [-0.4, -0.2) is 43.9 Å². The smallest absolute Gasteiger partial charge is 0.271 e. The second kappa shape index (κ2) is 6.13. The first-order valence-corrected chi connectivity index (χ1v) is 8.76. The van der Waals surface area contributed by atoms with E-state index in [2.05, 4.69) is 10.3 Å². The van der Waals surface area contributed by atoms with E-state index in [0.29, 0.717) is 22.5 Å². The Hall–Kier alpha value is -1.80. The van der Waals surface area contributed by atoms with Crippen LogP contribution >= 0.6 is 23.1 Å². The molecule has 116 valence electrons. The maximum absolute atomic E-state index is 12.6. The van der Waals surface area contributed by atoms with Crippen molar-refractivity contribution in [3.05, 3.63) is 35.1 Å². The van der Waals surface area contributed by atoms with Crippen LogP contribution in [0.5, 0.6) is 0 Å². The van der Waals surface area contributed by atoms with Gasteiger partial charge in [0.2, 0.25) is 5.91 Å². The van der Waals surface area contributed by atoms with Crippen molar-refractivity contribution in [2.45, 2.75) is 13.0 Å². The van der Waals surface area contributed by atoms with Crippen molar-refractivity contribution in [3.8, 4) is 0 Å². The zero-order valence-corrected chi connectivity index (χ0v) is 13.9. The van der Waals surface area contributed by atoms with Gasteiger partial charge in [-0.15, -0.1) is 23.1 Å². The van der Waals surface area contributed by atoms with Crippen LogP contribution in [0.25, 0.3) is 0 Å². The van der Waals surface area contributed by atoms with Gasteiger partial charge in [0.05, 0.1) is 5.88 Å². The summed E-state index contributed by atoms with van der Waals surface area (Å²) in [6.45, 7) is 1.93. The summed E-state index contributed by atoms with van der Waals surface area (Å²) in [4.78, 5) is 31.8.